The molecule has 0 fully saturated rings. The van der Waals surface area contributed by atoms with Crippen molar-refractivity contribution in [1.82, 2.24) is 0 Å². The molecule has 0 aromatic heterocycles. The summed E-state index contributed by atoms with van der Waals surface area (Å²) in [6.07, 6.45) is 1.62. The van der Waals surface area contributed by atoms with E-state index >= 15 is 0 Å². The highest BCUT2D eigenvalue weighted by Crippen LogP contribution is 2.39. The third kappa shape index (κ3) is 8.19. The molecule has 38 heavy (non-hydrogen) atoms. The molecule has 2 N–H and O–H groups in total. The fraction of sp³-hybridized carbons (Fsp3) is 0.529. The zero-order valence-electron chi connectivity index (χ0n) is 25.7. The van der Waals surface area contributed by atoms with Gasteiger partial charge in [0.05, 0.1) is 0 Å². The standard InChI is InChI=1S/C34H48N2O2/c1-21-15-25(33(11,12)19-31(5,6)7)16-22(2)27(21)35-29(37)30(38)36-28-23(3)17-26(18-24(28)4)34(13,14)20-32(8,9)10/h5,8,15-18H,19-20H2,1-4,6-7,9-14H3,(H,35,37)(H,36,38). The van der Waals surface area contributed by atoms with Crippen LogP contribution >= 0.6 is 0 Å². The number of hydrogen-bond donors (Lipinski definition) is 2. The maximum atomic E-state index is 12.9. The van der Waals surface area contributed by atoms with Crippen molar-refractivity contribution in [2.45, 2.75) is 107 Å². The molecule has 206 valence electrons. The van der Waals surface area contributed by atoms with Crippen molar-refractivity contribution in [3.8, 4) is 0 Å². The highest BCUT2D eigenvalue weighted by molar-refractivity contribution is 6.44. The van der Waals surface area contributed by atoms with Gasteiger partial charge in [0, 0.05) is 11.4 Å². The predicted molar refractivity (Wildman–Crippen MR) is 161 cm³/mol. The van der Waals surface area contributed by atoms with Gasteiger partial charge < -0.3 is 10.6 Å². The first-order chi connectivity index (χ1) is 17.0. The van der Waals surface area contributed by atoms with Crippen LogP contribution in [0, 0.1) is 52.4 Å². The lowest BCUT2D eigenvalue weighted by Crippen LogP contribution is -2.31. The summed E-state index contributed by atoms with van der Waals surface area (Å²) < 4.78 is 0. The van der Waals surface area contributed by atoms with E-state index in [1.807, 2.05) is 55.4 Å². The van der Waals surface area contributed by atoms with Crippen molar-refractivity contribution in [1.29, 1.82) is 0 Å². The second-order valence-corrected chi connectivity index (χ2v) is 14.0. The van der Waals surface area contributed by atoms with Crippen LogP contribution in [0.2, 0.25) is 0 Å². The fourth-order valence-electron chi connectivity index (χ4n) is 5.93. The van der Waals surface area contributed by atoms with Crippen molar-refractivity contribution < 1.29 is 9.59 Å². The van der Waals surface area contributed by atoms with Gasteiger partial charge in [0.15, 0.2) is 0 Å². The van der Waals surface area contributed by atoms with E-state index in [9.17, 15) is 9.59 Å². The smallest absolute Gasteiger partial charge is 0.314 e. The summed E-state index contributed by atoms with van der Waals surface area (Å²) >= 11 is 0. The Kier molecular flexibility index (Phi) is 9.03. The van der Waals surface area contributed by atoms with E-state index < -0.39 is 11.8 Å². The van der Waals surface area contributed by atoms with E-state index in [0.29, 0.717) is 11.4 Å². The monoisotopic (exact) mass is 516 g/mol. The Balaban J connectivity index is 2.24. The number of carbonyl (C=O) groups is 2. The second kappa shape index (κ2) is 10.9. The molecule has 0 aliphatic heterocycles. The summed E-state index contributed by atoms with van der Waals surface area (Å²) in [7, 11) is 0. The average molecular weight is 517 g/mol. The molecule has 0 aliphatic rings. The van der Waals surface area contributed by atoms with E-state index in [2.05, 4.69) is 62.6 Å². The van der Waals surface area contributed by atoms with Crippen LogP contribution in [0.1, 0.15) is 102 Å². The molecule has 4 nitrogen and oxygen atoms in total. The Morgan fingerprint density at radius 2 is 0.816 bits per heavy atom. The third-order valence-corrected chi connectivity index (χ3v) is 7.11. The molecular formula is C34H48N2O2. The van der Waals surface area contributed by atoms with E-state index in [-0.39, 0.29) is 21.7 Å². The molecule has 2 aromatic rings. The average Bonchev–Trinajstić information content (AvgIpc) is 2.69. The van der Waals surface area contributed by atoms with Crippen LogP contribution in [-0.2, 0) is 20.4 Å². The van der Waals surface area contributed by atoms with Crippen LogP contribution in [-0.4, -0.2) is 11.8 Å². The van der Waals surface area contributed by atoms with E-state index in [1.165, 1.54) is 0 Å². The summed E-state index contributed by atoms with van der Waals surface area (Å²) in [5.41, 5.74) is 6.38. The third-order valence-electron chi connectivity index (χ3n) is 7.11. The first kappa shape index (κ1) is 31.6. The minimum atomic E-state index is -0.695. The lowest BCUT2D eigenvalue weighted by Gasteiger charge is -2.33. The highest BCUT2D eigenvalue weighted by Gasteiger charge is 2.30. The summed E-state index contributed by atoms with van der Waals surface area (Å²) in [6.45, 7) is 37.2. The molecule has 4 heteroatoms. The van der Waals surface area contributed by atoms with Gasteiger partial charge in [-0.3, -0.25) is 9.59 Å². The summed E-state index contributed by atoms with van der Waals surface area (Å²) in [5, 5.41) is 5.67. The normalized spacial score (nSPS) is 12.9. The SMILES string of the molecule is [CH]C(C)(C)CC(C)(C)c1cc(C)c(NC(=O)C(=O)Nc2c(C)cc(C(C)(C)CC([CH])(C)C)cc2C)c(C)c1. The van der Waals surface area contributed by atoms with Gasteiger partial charge in [0.1, 0.15) is 0 Å². The lowest BCUT2D eigenvalue weighted by atomic mass is 9.71. The number of carbonyl (C=O) groups excluding carboxylic acids is 2. The van der Waals surface area contributed by atoms with Crippen LogP contribution in [0.5, 0.6) is 0 Å². The number of aryl methyl sites for hydroxylation is 4. The summed E-state index contributed by atoms with van der Waals surface area (Å²) in [6, 6.07) is 8.29. The zero-order valence-corrected chi connectivity index (χ0v) is 25.7. The zero-order chi connectivity index (χ0) is 29.4. The van der Waals surface area contributed by atoms with Crippen LogP contribution in [0.15, 0.2) is 24.3 Å². The first-order valence-corrected chi connectivity index (χ1v) is 13.5. The number of amides is 2. The molecule has 2 rings (SSSR count). The van der Waals surface area contributed by atoms with Gasteiger partial charge in [-0.2, -0.15) is 0 Å². The van der Waals surface area contributed by atoms with E-state index in [4.69, 9.17) is 13.8 Å². The van der Waals surface area contributed by atoms with Gasteiger partial charge in [0.25, 0.3) is 0 Å². The second-order valence-electron chi connectivity index (χ2n) is 14.0. The lowest BCUT2D eigenvalue weighted by molar-refractivity contribution is -0.133. The van der Waals surface area contributed by atoms with Crippen molar-refractivity contribution in [3.63, 3.8) is 0 Å². The molecule has 0 unspecified atom stereocenters. The molecule has 0 atom stereocenters. The maximum Gasteiger partial charge on any atom is 0.314 e. The van der Waals surface area contributed by atoms with Gasteiger partial charge in [-0.25, -0.2) is 0 Å². The van der Waals surface area contributed by atoms with Gasteiger partial charge in [-0.15, -0.1) is 0 Å². The number of rotatable bonds is 8. The largest absolute Gasteiger partial charge is 0.317 e. The number of benzene rings is 2. The van der Waals surface area contributed by atoms with E-state index in [1.54, 1.807) is 0 Å². The quantitative estimate of drug-likeness (QED) is 0.347. The minimum Gasteiger partial charge on any atom is -0.317 e. The molecule has 0 saturated carbocycles. The fourth-order valence-corrected chi connectivity index (χ4v) is 5.93. The molecular weight excluding hydrogens is 468 g/mol. The number of anilines is 2. The first-order valence-electron chi connectivity index (χ1n) is 13.5. The molecule has 0 aliphatic carbocycles. The number of hydrogen-bond acceptors (Lipinski definition) is 2. The predicted octanol–water partition coefficient (Wildman–Crippen LogP) is 8.31. The van der Waals surface area contributed by atoms with Crippen molar-refractivity contribution in [3.05, 3.63) is 71.5 Å². The Hall–Kier alpha value is -2.62. The molecule has 2 amide bonds. The highest BCUT2D eigenvalue weighted by atomic mass is 16.2. The molecule has 0 saturated heterocycles. The van der Waals surface area contributed by atoms with Crippen LogP contribution in [0.4, 0.5) is 11.4 Å². The van der Waals surface area contributed by atoms with Crippen molar-refractivity contribution >= 4 is 23.2 Å². The molecule has 0 heterocycles. The Morgan fingerprint density at radius 1 is 0.579 bits per heavy atom. The maximum absolute atomic E-state index is 12.9. The van der Waals surface area contributed by atoms with Gasteiger partial charge >= 0.3 is 11.8 Å². The minimum absolute atomic E-state index is 0.136. The Bertz CT molecular complexity index is 1060. The summed E-state index contributed by atoms with van der Waals surface area (Å²) in [5.74, 6) is -1.39. The molecule has 2 aromatic carbocycles. The van der Waals surface area contributed by atoms with Gasteiger partial charge in [-0.05, 0) is 109 Å². The van der Waals surface area contributed by atoms with E-state index in [0.717, 1.165) is 46.2 Å². The molecule has 0 bridgehead atoms. The van der Waals surface area contributed by atoms with Gasteiger partial charge in [0.2, 0.25) is 0 Å². The molecule has 4 radical (unpaired) electrons. The summed E-state index contributed by atoms with van der Waals surface area (Å²) in [4.78, 5) is 25.9. The van der Waals surface area contributed by atoms with Crippen LogP contribution < -0.4 is 10.6 Å². The molecule has 0 spiro atoms. The van der Waals surface area contributed by atoms with Crippen molar-refractivity contribution in [2.24, 2.45) is 10.8 Å². The van der Waals surface area contributed by atoms with Crippen LogP contribution in [0.3, 0.4) is 0 Å². The van der Waals surface area contributed by atoms with Crippen molar-refractivity contribution in [2.75, 3.05) is 10.6 Å². The Morgan fingerprint density at radius 3 is 1.03 bits per heavy atom. The van der Waals surface area contributed by atoms with Crippen LogP contribution in [0.25, 0.3) is 0 Å². The topological polar surface area (TPSA) is 58.2 Å². The number of nitrogens with one attached hydrogen (secondary N) is 2. The Labute approximate surface area is 232 Å². The van der Waals surface area contributed by atoms with Gasteiger partial charge in [-0.1, -0.05) is 79.7 Å².